The number of rotatable bonds is 7. The summed E-state index contributed by atoms with van der Waals surface area (Å²) in [5.74, 6) is 0.537. The van der Waals surface area contributed by atoms with E-state index in [1.165, 1.54) is 16.3 Å². The van der Waals surface area contributed by atoms with Crippen LogP contribution in [0.3, 0.4) is 0 Å². The fraction of sp³-hybridized carbons (Fsp3) is 0.158. The highest BCUT2D eigenvalue weighted by molar-refractivity contribution is 7.99. The van der Waals surface area contributed by atoms with E-state index in [1.807, 2.05) is 0 Å². The van der Waals surface area contributed by atoms with Crippen molar-refractivity contribution in [2.75, 3.05) is 18.2 Å². The van der Waals surface area contributed by atoms with E-state index < -0.39 is 0 Å². The molecule has 2 aromatic heterocycles. The van der Waals surface area contributed by atoms with Crippen LogP contribution in [0.2, 0.25) is 0 Å². The first-order chi connectivity index (χ1) is 13.1. The number of benzene rings is 1. The summed E-state index contributed by atoms with van der Waals surface area (Å²) in [4.78, 5) is 33.5. The Morgan fingerprint density at radius 3 is 3.00 bits per heavy atom. The van der Waals surface area contributed by atoms with Gasteiger partial charge in [0.25, 0.3) is 5.56 Å². The summed E-state index contributed by atoms with van der Waals surface area (Å²) in [6.45, 7) is 3.98. The number of methoxy groups -OCH3 is 1. The molecule has 0 aliphatic carbocycles. The highest BCUT2D eigenvalue weighted by Gasteiger charge is 2.13. The standard InChI is InChI=1S/C19H18N4O3S/c1-3-10-23-18(25)15-8-5-9-20-17(15)22-19(23)27-12-16(24)21-13-6-4-7-14(11-13)26-2/h3-9,11H,1,10,12H2,2H3,(H,21,24). The minimum atomic E-state index is -0.214. The summed E-state index contributed by atoms with van der Waals surface area (Å²) < 4.78 is 6.63. The first kappa shape index (κ1) is 18.7. The number of pyridine rings is 1. The van der Waals surface area contributed by atoms with Crippen molar-refractivity contribution in [2.24, 2.45) is 0 Å². The second-order valence-corrected chi connectivity index (χ2v) is 6.48. The summed E-state index contributed by atoms with van der Waals surface area (Å²) in [5, 5.41) is 3.66. The number of carbonyl (C=O) groups is 1. The lowest BCUT2D eigenvalue weighted by molar-refractivity contribution is -0.113. The number of amides is 1. The molecule has 1 aromatic carbocycles. The third kappa shape index (κ3) is 4.35. The Kier molecular flexibility index (Phi) is 5.87. The number of ether oxygens (including phenoxy) is 1. The van der Waals surface area contributed by atoms with Gasteiger partial charge in [-0.25, -0.2) is 9.97 Å². The molecule has 1 amide bonds. The average molecular weight is 382 g/mol. The monoisotopic (exact) mass is 382 g/mol. The molecule has 0 unspecified atom stereocenters. The number of hydrogen-bond donors (Lipinski definition) is 1. The first-order valence-electron chi connectivity index (χ1n) is 8.15. The Morgan fingerprint density at radius 2 is 2.22 bits per heavy atom. The molecule has 0 bridgehead atoms. The van der Waals surface area contributed by atoms with E-state index in [0.717, 1.165) is 0 Å². The molecule has 0 radical (unpaired) electrons. The molecular weight excluding hydrogens is 364 g/mol. The topological polar surface area (TPSA) is 86.1 Å². The minimum Gasteiger partial charge on any atom is -0.497 e. The van der Waals surface area contributed by atoms with Gasteiger partial charge in [0.1, 0.15) is 5.75 Å². The Balaban J connectivity index is 1.79. The van der Waals surface area contributed by atoms with Crippen molar-refractivity contribution in [3.8, 4) is 5.75 Å². The number of aromatic nitrogens is 3. The highest BCUT2D eigenvalue weighted by Crippen LogP contribution is 2.19. The number of allylic oxidation sites excluding steroid dienone is 1. The maximum Gasteiger partial charge on any atom is 0.263 e. The molecular formula is C19H18N4O3S. The second-order valence-electron chi connectivity index (χ2n) is 5.54. The Bertz CT molecular complexity index is 1050. The molecule has 0 aliphatic rings. The van der Waals surface area contributed by atoms with Crippen molar-refractivity contribution in [3.63, 3.8) is 0 Å². The number of nitrogens with zero attached hydrogens (tertiary/aromatic N) is 3. The van der Waals surface area contributed by atoms with Crippen LogP contribution < -0.4 is 15.6 Å². The van der Waals surface area contributed by atoms with Crippen molar-refractivity contribution < 1.29 is 9.53 Å². The lowest BCUT2D eigenvalue weighted by Gasteiger charge is -2.11. The predicted octanol–water partition coefficient (Wildman–Crippen LogP) is 2.72. The molecule has 138 valence electrons. The molecule has 27 heavy (non-hydrogen) atoms. The van der Waals surface area contributed by atoms with Gasteiger partial charge in [0, 0.05) is 24.5 Å². The van der Waals surface area contributed by atoms with E-state index in [4.69, 9.17) is 4.74 Å². The quantitative estimate of drug-likeness (QED) is 0.384. The molecule has 2 heterocycles. The normalized spacial score (nSPS) is 10.6. The van der Waals surface area contributed by atoms with Crippen molar-refractivity contribution in [1.29, 1.82) is 0 Å². The van der Waals surface area contributed by atoms with Gasteiger partial charge < -0.3 is 10.1 Å². The van der Waals surface area contributed by atoms with Crippen LogP contribution in [0.15, 0.2) is 65.2 Å². The van der Waals surface area contributed by atoms with E-state index in [2.05, 4.69) is 21.9 Å². The molecule has 1 N–H and O–H groups in total. The SMILES string of the molecule is C=CCn1c(SCC(=O)Nc2cccc(OC)c2)nc2ncccc2c1=O. The molecule has 3 aromatic rings. The molecule has 0 aliphatic heterocycles. The van der Waals surface area contributed by atoms with Crippen LogP contribution in [0, 0.1) is 0 Å². The number of thioether (sulfide) groups is 1. The van der Waals surface area contributed by atoms with Crippen LogP contribution in [-0.4, -0.2) is 33.3 Å². The van der Waals surface area contributed by atoms with Gasteiger partial charge in [0.15, 0.2) is 10.8 Å². The zero-order valence-corrected chi connectivity index (χ0v) is 15.5. The minimum absolute atomic E-state index is 0.0964. The molecule has 0 fully saturated rings. The maximum absolute atomic E-state index is 12.7. The van der Waals surface area contributed by atoms with Crippen LogP contribution >= 0.6 is 11.8 Å². The molecule has 0 saturated heterocycles. The van der Waals surface area contributed by atoms with Gasteiger partial charge in [0.05, 0.1) is 18.2 Å². The summed E-state index contributed by atoms with van der Waals surface area (Å²) in [7, 11) is 1.56. The van der Waals surface area contributed by atoms with E-state index >= 15 is 0 Å². The summed E-state index contributed by atoms with van der Waals surface area (Å²) in [6.07, 6.45) is 3.20. The average Bonchev–Trinajstić information content (AvgIpc) is 2.69. The predicted molar refractivity (Wildman–Crippen MR) is 106 cm³/mol. The Labute approximate surface area is 160 Å². The lowest BCUT2D eigenvalue weighted by atomic mass is 10.3. The largest absolute Gasteiger partial charge is 0.497 e. The smallest absolute Gasteiger partial charge is 0.263 e. The van der Waals surface area contributed by atoms with Crippen LogP contribution in [-0.2, 0) is 11.3 Å². The van der Waals surface area contributed by atoms with E-state index in [1.54, 1.807) is 55.8 Å². The van der Waals surface area contributed by atoms with Crippen molar-refractivity contribution in [1.82, 2.24) is 14.5 Å². The zero-order valence-electron chi connectivity index (χ0n) is 14.7. The maximum atomic E-state index is 12.7. The molecule has 7 nitrogen and oxygen atoms in total. The van der Waals surface area contributed by atoms with Gasteiger partial charge in [-0.2, -0.15) is 0 Å². The lowest BCUT2D eigenvalue weighted by Crippen LogP contribution is -2.24. The van der Waals surface area contributed by atoms with Crippen molar-refractivity contribution in [3.05, 3.63) is 65.6 Å². The molecule has 0 spiro atoms. The number of carbonyl (C=O) groups excluding carboxylic acids is 1. The zero-order chi connectivity index (χ0) is 19.2. The molecule has 3 rings (SSSR count). The third-order valence-corrected chi connectivity index (χ3v) is 4.67. The summed E-state index contributed by atoms with van der Waals surface area (Å²) >= 11 is 1.17. The summed E-state index contributed by atoms with van der Waals surface area (Å²) in [5.41, 5.74) is 0.791. The number of fused-ring (bicyclic) bond motifs is 1. The first-order valence-corrected chi connectivity index (χ1v) is 9.14. The van der Waals surface area contributed by atoms with Gasteiger partial charge in [-0.15, -0.1) is 6.58 Å². The second kappa shape index (κ2) is 8.50. The number of anilines is 1. The Morgan fingerprint density at radius 1 is 1.37 bits per heavy atom. The van der Waals surface area contributed by atoms with E-state index in [9.17, 15) is 9.59 Å². The van der Waals surface area contributed by atoms with Crippen LogP contribution in [0.1, 0.15) is 0 Å². The van der Waals surface area contributed by atoms with Crippen LogP contribution in [0.4, 0.5) is 5.69 Å². The fourth-order valence-electron chi connectivity index (χ4n) is 2.46. The van der Waals surface area contributed by atoms with Crippen LogP contribution in [0.25, 0.3) is 11.0 Å². The van der Waals surface area contributed by atoms with Crippen molar-refractivity contribution in [2.45, 2.75) is 11.7 Å². The fourth-order valence-corrected chi connectivity index (χ4v) is 3.26. The third-order valence-electron chi connectivity index (χ3n) is 3.69. The number of hydrogen-bond acceptors (Lipinski definition) is 6. The van der Waals surface area contributed by atoms with Gasteiger partial charge in [-0.05, 0) is 24.3 Å². The highest BCUT2D eigenvalue weighted by atomic mass is 32.2. The molecule has 8 heteroatoms. The van der Waals surface area contributed by atoms with Gasteiger partial charge in [0.2, 0.25) is 5.91 Å². The molecule has 0 saturated carbocycles. The Hall–Kier alpha value is -3.13. The van der Waals surface area contributed by atoms with Gasteiger partial charge in [-0.3, -0.25) is 14.2 Å². The van der Waals surface area contributed by atoms with E-state index in [0.29, 0.717) is 34.2 Å². The van der Waals surface area contributed by atoms with Crippen molar-refractivity contribution >= 4 is 34.4 Å². The van der Waals surface area contributed by atoms with Gasteiger partial charge >= 0.3 is 0 Å². The summed E-state index contributed by atoms with van der Waals surface area (Å²) in [6, 6.07) is 10.5. The van der Waals surface area contributed by atoms with E-state index in [-0.39, 0.29) is 17.2 Å². The van der Waals surface area contributed by atoms with Crippen LogP contribution in [0.5, 0.6) is 5.75 Å². The number of nitrogens with one attached hydrogen (secondary N) is 1. The molecule has 0 atom stereocenters. The van der Waals surface area contributed by atoms with Gasteiger partial charge in [-0.1, -0.05) is 23.9 Å².